The van der Waals surface area contributed by atoms with Crippen molar-refractivity contribution in [2.24, 2.45) is 0 Å². The van der Waals surface area contributed by atoms with E-state index in [9.17, 15) is 4.79 Å². The lowest BCUT2D eigenvalue weighted by Crippen LogP contribution is -2.32. The molecule has 0 bridgehead atoms. The highest BCUT2D eigenvalue weighted by Crippen LogP contribution is 2.37. The number of H-pyrrole nitrogens is 1. The number of aromatic amines is 1. The van der Waals surface area contributed by atoms with Gasteiger partial charge in [-0.15, -0.1) is 5.10 Å². The number of nitrogens with zero attached hydrogens (tertiary/aromatic N) is 3. The van der Waals surface area contributed by atoms with Crippen molar-refractivity contribution in [1.82, 2.24) is 20.5 Å². The maximum absolute atomic E-state index is 11.6. The van der Waals surface area contributed by atoms with Gasteiger partial charge in [-0.25, -0.2) is 4.98 Å². The fourth-order valence-corrected chi connectivity index (χ4v) is 1.39. The third-order valence-corrected chi connectivity index (χ3v) is 2.44. The van der Waals surface area contributed by atoms with E-state index >= 15 is 0 Å². The predicted octanol–water partition coefficient (Wildman–Crippen LogP) is 0.714. The molecule has 0 spiro atoms. The van der Waals surface area contributed by atoms with Crippen molar-refractivity contribution in [1.29, 1.82) is 5.26 Å². The van der Waals surface area contributed by atoms with E-state index in [1.54, 1.807) is 6.92 Å². The molecular weight excluding hydrogens is 206 g/mol. The number of rotatable bonds is 4. The van der Waals surface area contributed by atoms with Crippen LogP contribution in [0.25, 0.3) is 0 Å². The summed E-state index contributed by atoms with van der Waals surface area (Å²) < 4.78 is 0. The third-order valence-electron chi connectivity index (χ3n) is 2.44. The largest absolute Gasteiger partial charge is 0.346 e. The summed E-state index contributed by atoms with van der Waals surface area (Å²) in [6, 6.07) is 1.81. The molecule has 1 fully saturated rings. The molecule has 6 nitrogen and oxygen atoms in total. The fraction of sp³-hybridized carbons (Fsp3) is 0.600. The monoisotopic (exact) mass is 219 g/mol. The van der Waals surface area contributed by atoms with Crippen molar-refractivity contribution in [3.63, 3.8) is 0 Å². The summed E-state index contributed by atoms with van der Waals surface area (Å²) in [4.78, 5) is 15.7. The summed E-state index contributed by atoms with van der Waals surface area (Å²) in [6.45, 7) is 1.77. The number of aromatic nitrogens is 3. The van der Waals surface area contributed by atoms with Gasteiger partial charge in [0.15, 0.2) is 0 Å². The van der Waals surface area contributed by atoms with Crippen LogP contribution in [0.1, 0.15) is 48.5 Å². The third kappa shape index (κ3) is 2.37. The van der Waals surface area contributed by atoms with Crippen LogP contribution in [-0.2, 0) is 0 Å². The highest BCUT2D eigenvalue weighted by molar-refractivity contribution is 5.90. The molecule has 0 saturated heterocycles. The van der Waals surface area contributed by atoms with Gasteiger partial charge in [-0.1, -0.05) is 0 Å². The first-order valence-electron chi connectivity index (χ1n) is 5.31. The number of nitrogens with one attached hydrogen (secondary N) is 2. The molecule has 1 aliphatic carbocycles. The first-order chi connectivity index (χ1) is 7.70. The smallest absolute Gasteiger partial charge is 0.291 e. The summed E-state index contributed by atoms with van der Waals surface area (Å²) in [6.07, 6.45) is 2.51. The molecule has 1 saturated carbocycles. The van der Waals surface area contributed by atoms with Crippen LogP contribution in [0.4, 0.5) is 0 Å². The van der Waals surface area contributed by atoms with Gasteiger partial charge in [-0.3, -0.25) is 9.89 Å². The minimum absolute atomic E-state index is 0.159. The Balaban J connectivity index is 1.95. The van der Waals surface area contributed by atoms with Crippen LogP contribution >= 0.6 is 0 Å². The van der Waals surface area contributed by atoms with Gasteiger partial charge in [-0.2, -0.15) is 5.26 Å². The van der Waals surface area contributed by atoms with Crippen LogP contribution in [0.15, 0.2) is 0 Å². The second-order valence-electron chi connectivity index (χ2n) is 4.06. The minimum atomic E-state index is -0.328. The van der Waals surface area contributed by atoms with E-state index in [-0.39, 0.29) is 24.2 Å². The molecule has 1 aromatic heterocycles. The lowest BCUT2D eigenvalue weighted by Gasteiger charge is -2.07. The molecular formula is C10H13N5O. The topological polar surface area (TPSA) is 94.5 Å². The molecule has 1 aliphatic rings. The van der Waals surface area contributed by atoms with E-state index in [1.165, 1.54) is 0 Å². The Morgan fingerprint density at radius 3 is 3.12 bits per heavy atom. The molecule has 2 N–H and O–H groups in total. The Kier molecular flexibility index (Phi) is 2.86. The molecule has 0 aliphatic heterocycles. The van der Waals surface area contributed by atoms with Gasteiger partial charge >= 0.3 is 0 Å². The Hall–Kier alpha value is -1.90. The van der Waals surface area contributed by atoms with Crippen LogP contribution in [0.3, 0.4) is 0 Å². The van der Waals surface area contributed by atoms with Gasteiger partial charge in [0.2, 0.25) is 5.82 Å². The Bertz CT molecular complexity index is 429. The lowest BCUT2D eigenvalue weighted by molar-refractivity contribution is 0.0930. The standard InChI is InChI=1S/C10H13N5O/c1-6(4-5-11)12-10(16)9-13-8(14-15-9)7-2-3-7/h6-7H,2-4H2,1H3,(H,12,16)(H,13,14,15). The number of hydrogen-bond acceptors (Lipinski definition) is 4. The van der Waals surface area contributed by atoms with Crippen LogP contribution in [-0.4, -0.2) is 27.1 Å². The molecule has 84 valence electrons. The van der Waals surface area contributed by atoms with Crippen LogP contribution in [0, 0.1) is 11.3 Å². The highest BCUT2D eigenvalue weighted by Gasteiger charge is 2.28. The average Bonchev–Trinajstić information content (AvgIpc) is 2.96. The van der Waals surface area contributed by atoms with E-state index in [0.29, 0.717) is 5.92 Å². The van der Waals surface area contributed by atoms with Crippen molar-refractivity contribution in [2.75, 3.05) is 0 Å². The highest BCUT2D eigenvalue weighted by atomic mass is 16.2. The SMILES string of the molecule is CC(CC#N)NC(=O)c1n[nH]c(C2CC2)n1. The summed E-state index contributed by atoms with van der Waals surface area (Å²) in [7, 11) is 0. The number of carbonyl (C=O) groups excluding carboxylic acids is 1. The molecule has 0 radical (unpaired) electrons. The molecule has 1 unspecified atom stereocenters. The normalized spacial score (nSPS) is 16.5. The Labute approximate surface area is 93.1 Å². The summed E-state index contributed by atoms with van der Waals surface area (Å²) in [5, 5.41) is 17.8. The van der Waals surface area contributed by atoms with Crippen molar-refractivity contribution in [3.8, 4) is 6.07 Å². The molecule has 0 aromatic carbocycles. The van der Waals surface area contributed by atoms with Gasteiger partial charge in [0.1, 0.15) is 5.82 Å². The van der Waals surface area contributed by atoms with Crippen LogP contribution < -0.4 is 5.32 Å². The fourth-order valence-electron chi connectivity index (χ4n) is 1.39. The van der Waals surface area contributed by atoms with Crippen LogP contribution in [0.5, 0.6) is 0 Å². The second kappa shape index (κ2) is 4.31. The summed E-state index contributed by atoms with van der Waals surface area (Å²) in [5.41, 5.74) is 0. The Morgan fingerprint density at radius 2 is 2.50 bits per heavy atom. The van der Waals surface area contributed by atoms with Crippen molar-refractivity contribution in [2.45, 2.75) is 38.1 Å². The first kappa shape index (κ1) is 10.6. The zero-order valence-corrected chi connectivity index (χ0v) is 9.03. The van der Waals surface area contributed by atoms with Gasteiger partial charge in [-0.05, 0) is 19.8 Å². The zero-order valence-electron chi connectivity index (χ0n) is 9.03. The van der Waals surface area contributed by atoms with Crippen molar-refractivity contribution in [3.05, 3.63) is 11.6 Å². The summed E-state index contributed by atoms with van der Waals surface area (Å²) >= 11 is 0. The average molecular weight is 219 g/mol. The molecule has 16 heavy (non-hydrogen) atoms. The van der Waals surface area contributed by atoms with Crippen LogP contribution in [0.2, 0.25) is 0 Å². The number of nitriles is 1. The lowest BCUT2D eigenvalue weighted by atomic mass is 10.2. The maximum Gasteiger partial charge on any atom is 0.291 e. The summed E-state index contributed by atoms with van der Waals surface area (Å²) in [5.74, 6) is 1.07. The van der Waals surface area contributed by atoms with E-state index in [0.717, 1.165) is 18.7 Å². The zero-order chi connectivity index (χ0) is 11.5. The molecule has 6 heteroatoms. The first-order valence-corrected chi connectivity index (χ1v) is 5.31. The number of amides is 1. The minimum Gasteiger partial charge on any atom is -0.346 e. The molecule has 1 heterocycles. The van der Waals surface area contributed by atoms with Gasteiger partial charge in [0.25, 0.3) is 5.91 Å². The van der Waals surface area contributed by atoms with Crippen molar-refractivity contribution < 1.29 is 4.79 Å². The Morgan fingerprint density at radius 1 is 1.75 bits per heavy atom. The quantitative estimate of drug-likeness (QED) is 0.779. The van der Waals surface area contributed by atoms with E-state index in [4.69, 9.17) is 5.26 Å². The molecule has 2 rings (SSSR count). The van der Waals surface area contributed by atoms with E-state index < -0.39 is 0 Å². The van der Waals surface area contributed by atoms with E-state index in [2.05, 4.69) is 20.5 Å². The molecule has 1 aromatic rings. The number of carbonyl (C=O) groups is 1. The van der Waals surface area contributed by atoms with Crippen molar-refractivity contribution >= 4 is 5.91 Å². The predicted molar refractivity (Wildman–Crippen MR) is 55.5 cm³/mol. The molecule has 1 atom stereocenters. The molecule has 1 amide bonds. The van der Waals surface area contributed by atoms with Gasteiger partial charge in [0, 0.05) is 12.0 Å². The van der Waals surface area contributed by atoms with Gasteiger partial charge < -0.3 is 5.32 Å². The van der Waals surface area contributed by atoms with E-state index in [1.807, 2.05) is 6.07 Å². The number of hydrogen-bond donors (Lipinski definition) is 2. The van der Waals surface area contributed by atoms with Gasteiger partial charge in [0.05, 0.1) is 12.5 Å². The second-order valence-corrected chi connectivity index (χ2v) is 4.06. The maximum atomic E-state index is 11.6.